The summed E-state index contributed by atoms with van der Waals surface area (Å²) in [6, 6.07) is 15.1. The van der Waals surface area contributed by atoms with E-state index in [1.807, 2.05) is 56.3 Å². The summed E-state index contributed by atoms with van der Waals surface area (Å²) in [6.07, 6.45) is 1.16. The van der Waals surface area contributed by atoms with E-state index in [-0.39, 0.29) is 17.1 Å². The van der Waals surface area contributed by atoms with Crippen LogP contribution in [0, 0.1) is 18.3 Å². The Morgan fingerprint density at radius 2 is 1.84 bits per heavy atom. The average molecular weight is 435 g/mol. The molecule has 1 amide bonds. The van der Waals surface area contributed by atoms with E-state index in [4.69, 9.17) is 16.6 Å². The predicted octanol–water partition coefficient (Wildman–Crippen LogP) is 6.10. The molecule has 0 saturated carbocycles. The minimum absolute atomic E-state index is 0.0705. The van der Waals surface area contributed by atoms with Crippen LogP contribution >= 0.6 is 11.6 Å². The molecule has 0 saturated heterocycles. The van der Waals surface area contributed by atoms with Crippen molar-refractivity contribution in [2.24, 2.45) is 16.3 Å². The van der Waals surface area contributed by atoms with Crippen LogP contribution in [-0.4, -0.2) is 17.4 Å². The fraction of sp³-hybridized carbons (Fsp3) is 0.346. The first-order valence-corrected chi connectivity index (χ1v) is 11.0. The maximum atomic E-state index is 13.5. The smallest absolute Gasteiger partial charge is 0.234 e. The van der Waals surface area contributed by atoms with Gasteiger partial charge in [0.05, 0.1) is 5.92 Å². The Balaban J connectivity index is 1.82. The molecule has 0 bridgehead atoms. The van der Waals surface area contributed by atoms with Gasteiger partial charge in [-0.25, -0.2) is 0 Å². The van der Waals surface area contributed by atoms with Crippen molar-refractivity contribution in [1.29, 1.82) is 0 Å². The van der Waals surface area contributed by atoms with Gasteiger partial charge in [0.2, 0.25) is 5.91 Å². The fourth-order valence-corrected chi connectivity index (χ4v) is 4.97. The normalized spacial score (nSPS) is 22.6. The highest BCUT2D eigenvalue weighted by atomic mass is 35.5. The number of hydrogen-bond donors (Lipinski definition) is 1. The Morgan fingerprint density at radius 1 is 1.10 bits per heavy atom. The number of amides is 1. The number of allylic oxidation sites excluding steroid dienone is 2. The van der Waals surface area contributed by atoms with Crippen molar-refractivity contribution < 1.29 is 9.59 Å². The number of para-hydroxylation sites is 1. The molecule has 160 valence electrons. The second-order valence-electron chi connectivity index (χ2n) is 9.37. The van der Waals surface area contributed by atoms with Crippen LogP contribution in [0.25, 0.3) is 0 Å². The topological polar surface area (TPSA) is 58.5 Å². The molecule has 2 aliphatic rings. The lowest BCUT2D eigenvalue weighted by atomic mass is 9.66. The van der Waals surface area contributed by atoms with Gasteiger partial charge in [0, 0.05) is 40.0 Å². The van der Waals surface area contributed by atoms with Gasteiger partial charge in [-0.1, -0.05) is 55.8 Å². The minimum atomic E-state index is -0.581. The molecule has 1 aliphatic carbocycles. The molecule has 4 nitrogen and oxygen atoms in total. The third kappa shape index (κ3) is 4.22. The second kappa shape index (κ2) is 8.08. The highest BCUT2D eigenvalue weighted by molar-refractivity contribution is 6.30. The Bertz CT molecular complexity index is 1130. The van der Waals surface area contributed by atoms with Gasteiger partial charge in [0.25, 0.3) is 0 Å². The van der Waals surface area contributed by atoms with E-state index >= 15 is 0 Å². The summed E-state index contributed by atoms with van der Waals surface area (Å²) in [7, 11) is 0. The molecule has 1 heterocycles. The number of nitrogens with zero attached hydrogens (tertiary/aromatic N) is 1. The van der Waals surface area contributed by atoms with Crippen LogP contribution in [0.1, 0.15) is 50.7 Å². The SMILES string of the molecule is CC1=NC2=C(C(=O)CC(C)(C)C2)[C@H](c2cccc(Cl)c2)C1C(=O)Nc1ccccc1C. The van der Waals surface area contributed by atoms with Gasteiger partial charge < -0.3 is 5.32 Å². The molecule has 2 aromatic rings. The maximum absolute atomic E-state index is 13.5. The Labute approximate surface area is 188 Å². The molecule has 31 heavy (non-hydrogen) atoms. The Kier molecular flexibility index (Phi) is 5.61. The van der Waals surface area contributed by atoms with E-state index in [2.05, 4.69) is 19.2 Å². The number of anilines is 1. The lowest BCUT2D eigenvalue weighted by Crippen LogP contribution is -2.41. The quantitative estimate of drug-likeness (QED) is 0.634. The molecule has 0 radical (unpaired) electrons. The summed E-state index contributed by atoms with van der Waals surface area (Å²) in [5, 5.41) is 3.65. The van der Waals surface area contributed by atoms with Gasteiger partial charge in [-0.05, 0) is 55.0 Å². The molecule has 2 aromatic carbocycles. The highest BCUT2D eigenvalue weighted by Crippen LogP contribution is 2.48. The number of halogens is 1. The van der Waals surface area contributed by atoms with E-state index < -0.39 is 11.8 Å². The van der Waals surface area contributed by atoms with Crippen LogP contribution in [0.3, 0.4) is 0 Å². The van der Waals surface area contributed by atoms with Crippen LogP contribution in [0.15, 0.2) is 64.8 Å². The second-order valence-corrected chi connectivity index (χ2v) is 9.81. The molecular formula is C26H27ClN2O2. The van der Waals surface area contributed by atoms with Gasteiger partial charge in [0.15, 0.2) is 5.78 Å². The van der Waals surface area contributed by atoms with Crippen LogP contribution < -0.4 is 5.32 Å². The molecule has 0 fully saturated rings. The third-order valence-electron chi connectivity index (χ3n) is 6.20. The van der Waals surface area contributed by atoms with Crippen molar-refractivity contribution in [2.75, 3.05) is 5.32 Å². The number of carbonyl (C=O) groups is 2. The third-order valence-corrected chi connectivity index (χ3v) is 6.43. The van der Waals surface area contributed by atoms with Crippen molar-refractivity contribution in [3.8, 4) is 0 Å². The van der Waals surface area contributed by atoms with Gasteiger partial charge >= 0.3 is 0 Å². The first-order chi connectivity index (χ1) is 14.7. The number of aliphatic imine (C=N–C) groups is 1. The molecule has 0 spiro atoms. The number of rotatable bonds is 3. The lowest BCUT2D eigenvalue weighted by molar-refractivity contribution is -0.119. The average Bonchev–Trinajstić information content (AvgIpc) is 2.67. The summed E-state index contributed by atoms with van der Waals surface area (Å²) in [5.41, 5.74) is 4.67. The maximum Gasteiger partial charge on any atom is 0.234 e. The summed E-state index contributed by atoms with van der Waals surface area (Å²) < 4.78 is 0. The largest absolute Gasteiger partial charge is 0.325 e. The zero-order valence-corrected chi connectivity index (χ0v) is 19.1. The van der Waals surface area contributed by atoms with Crippen molar-refractivity contribution in [3.63, 3.8) is 0 Å². The minimum Gasteiger partial charge on any atom is -0.325 e. The lowest BCUT2D eigenvalue weighted by Gasteiger charge is -2.39. The molecule has 2 atom stereocenters. The molecule has 4 rings (SSSR count). The summed E-state index contributed by atoms with van der Waals surface area (Å²) in [6.45, 7) is 8.02. The van der Waals surface area contributed by atoms with Crippen LogP contribution in [-0.2, 0) is 9.59 Å². The highest BCUT2D eigenvalue weighted by Gasteiger charge is 2.45. The van der Waals surface area contributed by atoms with Gasteiger partial charge in [-0.15, -0.1) is 0 Å². The molecule has 1 aliphatic heterocycles. The van der Waals surface area contributed by atoms with E-state index in [1.54, 1.807) is 6.07 Å². The number of Topliss-reactive ketones (excluding diaryl/α,β-unsaturated/α-hetero) is 1. The Hall–Kier alpha value is -2.72. The number of hydrogen-bond acceptors (Lipinski definition) is 3. The summed E-state index contributed by atoms with van der Waals surface area (Å²) in [5.74, 6) is -1.08. The van der Waals surface area contributed by atoms with Crippen molar-refractivity contribution >= 4 is 34.7 Å². The summed E-state index contributed by atoms with van der Waals surface area (Å²) >= 11 is 6.30. The van der Waals surface area contributed by atoms with Gasteiger partial charge in [-0.3, -0.25) is 14.6 Å². The zero-order valence-electron chi connectivity index (χ0n) is 18.3. The van der Waals surface area contributed by atoms with Crippen LogP contribution in [0.5, 0.6) is 0 Å². The number of ketones is 1. The zero-order chi connectivity index (χ0) is 22.3. The fourth-order valence-electron chi connectivity index (χ4n) is 4.77. The van der Waals surface area contributed by atoms with Crippen molar-refractivity contribution in [1.82, 2.24) is 0 Å². The molecule has 1 unspecified atom stereocenters. The predicted molar refractivity (Wildman–Crippen MR) is 126 cm³/mol. The molecular weight excluding hydrogens is 408 g/mol. The van der Waals surface area contributed by atoms with E-state index in [0.717, 1.165) is 28.2 Å². The van der Waals surface area contributed by atoms with Crippen molar-refractivity contribution in [2.45, 2.75) is 46.5 Å². The van der Waals surface area contributed by atoms with E-state index in [9.17, 15) is 9.59 Å². The van der Waals surface area contributed by atoms with Crippen LogP contribution in [0.4, 0.5) is 5.69 Å². The first kappa shape index (κ1) is 21.5. The van der Waals surface area contributed by atoms with Gasteiger partial charge in [0.1, 0.15) is 0 Å². The number of aryl methyl sites for hydroxylation is 1. The Morgan fingerprint density at radius 3 is 2.55 bits per heavy atom. The summed E-state index contributed by atoms with van der Waals surface area (Å²) in [4.78, 5) is 31.7. The van der Waals surface area contributed by atoms with Crippen molar-refractivity contribution in [3.05, 3.63) is 76.0 Å². The van der Waals surface area contributed by atoms with E-state index in [0.29, 0.717) is 23.4 Å². The molecule has 5 heteroatoms. The first-order valence-electron chi connectivity index (χ1n) is 10.6. The van der Waals surface area contributed by atoms with E-state index in [1.165, 1.54) is 0 Å². The number of nitrogens with one attached hydrogen (secondary N) is 1. The standard InChI is InChI=1S/C26H27ClN2O2/c1-15-8-5-6-11-19(15)29-25(31)22-16(2)28-20-13-26(3,4)14-21(30)24(20)23(22)17-9-7-10-18(27)12-17/h5-12,22-23H,13-14H2,1-4H3,(H,29,31)/t22?,23-/m1/s1. The monoisotopic (exact) mass is 434 g/mol. The molecule has 1 N–H and O–H groups in total. The van der Waals surface area contributed by atoms with Gasteiger partial charge in [-0.2, -0.15) is 0 Å². The molecule has 0 aromatic heterocycles. The van der Waals surface area contributed by atoms with Crippen LogP contribution in [0.2, 0.25) is 5.02 Å². The number of benzene rings is 2. The number of carbonyl (C=O) groups excluding carboxylic acids is 2.